The van der Waals surface area contributed by atoms with E-state index in [0.717, 1.165) is 18.8 Å². The van der Waals surface area contributed by atoms with Crippen LogP contribution in [-0.4, -0.2) is 56.4 Å². The molecule has 1 aliphatic rings. The smallest absolute Gasteiger partial charge is 0.297 e. The fourth-order valence-corrected chi connectivity index (χ4v) is 3.83. The summed E-state index contributed by atoms with van der Waals surface area (Å²) in [5, 5.41) is 10.8. The average Bonchev–Trinajstić information content (AvgIpc) is 3.19. The van der Waals surface area contributed by atoms with E-state index in [2.05, 4.69) is 25.4 Å². The zero-order chi connectivity index (χ0) is 21.4. The second-order valence-corrected chi connectivity index (χ2v) is 7.34. The van der Waals surface area contributed by atoms with Crippen LogP contribution in [0, 0.1) is 6.92 Å². The summed E-state index contributed by atoms with van der Waals surface area (Å²) in [6.45, 7) is 4.72. The highest BCUT2D eigenvalue weighted by Crippen LogP contribution is 2.19. The van der Waals surface area contributed by atoms with Crippen molar-refractivity contribution in [2.24, 2.45) is 0 Å². The molecule has 0 atom stereocenters. The van der Waals surface area contributed by atoms with Crippen LogP contribution in [0.5, 0.6) is 0 Å². The van der Waals surface area contributed by atoms with Crippen LogP contribution in [0.25, 0.3) is 16.8 Å². The molecule has 0 bridgehead atoms. The molecule has 3 aromatic heterocycles. The van der Waals surface area contributed by atoms with Crippen molar-refractivity contribution in [3.63, 3.8) is 0 Å². The Hall–Kier alpha value is -3.79. The summed E-state index contributed by atoms with van der Waals surface area (Å²) in [5.41, 5.74) is 2.58. The number of aryl methyl sites for hydroxylation is 1. The second-order valence-electron chi connectivity index (χ2n) is 7.34. The number of carbonyl (C=O) groups is 1. The van der Waals surface area contributed by atoms with Crippen LogP contribution in [0.15, 0.2) is 47.4 Å². The molecule has 1 aliphatic heterocycles. The lowest BCUT2D eigenvalue weighted by molar-refractivity contribution is -0.116. The van der Waals surface area contributed by atoms with Crippen LogP contribution in [-0.2, 0) is 16.1 Å². The number of hydrogen-bond acceptors (Lipinski definition) is 7. The molecule has 10 nitrogen and oxygen atoms in total. The number of benzene rings is 1. The molecular weight excluding hydrogens is 398 g/mol. The molecule has 1 N–H and O–H groups in total. The van der Waals surface area contributed by atoms with Gasteiger partial charge in [-0.2, -0.15) is 0 Å². The molecule has 0 radical (unpaired) electrons. The van der Waals surface area contributed by atoms with Crippen molar-refractivity contribution in [3.05, 3.63) is 58.8 Å². The van der Waals surface area contributed by atoms with Gasteiger partial charge in [-0.1, -0.05) is 0 Å². The molecule has 5 rings (SSSR count). The maximum atomic E-state index is 13.0. The van der Waals surface area contributed by atoms with E-state index in [0.29, 0.717) is 35.9 Å². The first-order valence-electron chi connectivity index (χ1n) is 10.0. The summed E-state index contributed by atoms with van der Waals surface area (Å²) < 4.78 is 8.37. The van der Waals surface area contributed by atoms with E-state index < -0.39 is 0 Å². The van der Waals surface area contributed by atoms with Gasteiger partial charge >= 0.3 is 0 Å². The van der Waals surface area contributed by atoms with E-state index in [1.807, 2.05) is 24.3 Å². The molecule has 158 valence electrons. The van der Waals surface area contributed by atoms with E-state index in [1.165, 1.54) is 4.57 Å². The zero-order valence-electron chi connectivity index (χ0n) is 17.0. The fourth-order valence-electron chi connectivity index (χ4n) is 3.83. The highest BCUT2D eigenvalue weighted by molar-refractivity contribution is 5.91. The Kier molecular flexibility index (Phi) is 4.83. The van der Waals surface area contributed by atoms with Crippen molar-refractivity contribution in [1.82, 2.24) is 24.1 Å². The Morgan fingerprint density at radius 1 is 1.10 bits per heavy atom. The number of pyridine rings is 1. The van der Waals surface area contributed by atoms with E-state index in [4.69, 9.17) is 4.74 Å². The molecule has 4 aromatic rings. The van der Waals surface area contributed by atoms with Gasteiger partial charge in [0.25, 0.3) is 5.56 Å². The Labute approximate surface area is 177 Å². The molecule has 1 fully saturated rings. The second kappa shape index (κ2) is 7.80. The largest absolute Gasteiger partial charge is 0.378 e. The van der Waals surface area contributed by atoms with Crippen molar-refractivity contribution in [2.75, 3.05) is 36.5 Å². The van der Waals surface area contributed by atoms with Gasteiger partial charge in [-0.05, 0) is 43.3 Å². The minimum absolute atomic E-state index is 0.145. The minimum Gasteiger partial charge on any atom is -0.378 e. The monoisotopic (exact) mass is 419 g/mol. The third kappa shape index (κ3) is 3.50. The summed E-state index contributed by atoms with van der Waals surface area (Å²) in [6, 6.07) is 11.1. The minimum atomic E-state index is -0.390. The van der Waals surface area contributed by atoms with E-state index in [1.54, 1.807) is 29.7 Å². The van der Waals surface area contributed by atoms with Crippen molar-refractivity contribution in [1.29, 1.82) is 0 Å². The van der Waals surface area contributed by atoms with Gasteiger partial charge in [0.2, 0.25) is 11.6 Å². The van der Waals surface area contributed by atoms with Crippen molar-refractivity contribution < 1.29 is 9.53 Å². The highest BCUT2D eigenvalue weighted by Gasteiger charge is 2.17. The maximum Gasteiger partial charge on any atom is 0.297 e. The van der Waals surface area contributed by atoms with Crippen LogP contribution in [0.2, 0.25) is 0 Å². The number of ether oxygens (including phenoxy) is 1. The standard InChI is InChI=1S/C21H21N7O3/c1-14-24-25-20-21(30)27(17-3-2-8-22-19(17)28(14)20)13-18(29)23-15-4-6-16(7-5-15)26-9-11-31-12-10-26/h2-8H,9-13H2,1H3,(H,23,29). The molecule has 1 saturated heterocycles. The molecule has 0 aliphatic carbocycles. The molecule has 4 heterocycles. The fraction of sp³-hybridized carbons (Fsp3) is 0.286. The summed E-state index contributed by atoms with van der Waals surface area (Å²) >= 11 is 0. The predicted octanol–water partition coefficient (Wildman–Crippen LogP) is 1.22. The topological polar surface area (TPSA) is 107 Å². The van der Waals surface area contributed by atoms with Crippen LogP contribution in [0.3, 0.4) is 0 Å². The SMILES string of the molecule is Cc1nnc2c(=O)n(CC(=O)Nc3ccc(N4CCOCC4)cc3)c3cccnc3n12. The van der Waals surface area contributed by atoms with Gasteiger partial charge in [0.05, 0.1) is 18.7 Å². The number of rotatable bonds is 4. The number of fused-ring (bicyclic) bond motifs is 3. The van der Waals surface area contributed by atoms with Gasteiger partial charge < -0.3 is 15.0 Å². The summed E-state index contributed by atoms with van der Waals surface area (Å²) in [5.74, 6) is 0.250. The first-order chi connectivity index (χ1) is 15.1. The Balaban J connectivity index is 1.40. The Morgan fingerprint density at radius 2 is 1.87 bits per heavy atom. The molecule has 0 spiro atoms. The summed E-state index contributed by atoms with van der Waals surface area (Å²) in [7, 11) is 0. The van der Waals surface area contributed by atoms with Crippen LogP contribution < -0.4 is 15.8 Å². The van der Waals surface area contributed by atoms with Crippen LogP contribution in [0.4, 0.5) is 11.4 Å². The molecule has 0 saturated carbocycles. The Morgan fingerprint density at radius 3 is 2.65 bits per heavy atom. The lowest BCUT2D eigenvalue weighted by atomic mass is 10.2. The average molecular weight is 419 g/mol. The zero-order valence-corrected chi connectivity index (χ0v) is 17.0. The molecule has 0 unspecified atom stereocenters. The third-order valence-corrected chi connectivity index (χ3v) is 5.36. The summed E-state index contributed by atoms with van der Waals surface area (Å²) in [4.78, 5) is 32.3. The molecule has 1 amide bonds. The van der Waals surface area contributed by atoms with E-state index in [-0.39, 0.29) is 23.7 Å². The number of aromatic nitrogens is 5. The number of anilines is 2. The van der Waals surface area contributed by atoms with Gasteiger partial charge in [0, 0.05) is 30.7 Å². The number of hydrogen-bond donors (Lipinski definition) is 1. The van der Waals surface area contributed by atoms with Gasteiger partial charge in [-0.15, -0.1) is 10.2 Å². The van der Waals surface area contributed by atoms with Gasteiger partial charge in [0.15, 0.2) is 5.65 Å². The Bertz CT molecular complexity index is 1320. The normalized spacial score (nSPS) is 14.3. The highest BCUT2D eigenvalue weighted by atomic mass is 16.5. The van der Waals surface area contributed by atoms with Crippen LogP contribution >= 0.6 is 0 Å². The van der Waals surface area contributed by atoms with Gasteiger partial charge in [0.1, 0.15) is 12.4 Å². The number of nitrogens with one attached hydrogen (secondary N) is 1. The van der Waals surface area contributed by atoms with Crippen LogP contribution in [0.1, 0.15) is 5.82 Å². The lowest BCUT2D eigenvalue weighted by Gasteiger charge is -2.28. The predicted molar refractivity (Wildman–Crippen MR) is 115 cm³/mol. The van der Waals surface area contributed by atoms with Gasteiger partial charge in [-0.3, -0.25) is 18.6 Å². The molecular formula is C21H21N7O3. The summed E-state index contributed by atoms with van der Waals surface area (Å²) in [6.07, 6.45) is 1.63. The maximum absolute atomic E-state index is 13.0. The number of carbonyl (C=O) groups excluding carboxylic acids is 1. The number of morpholine rings is 1. The first kappa shape index (κ1) is 19.2. The number of amides is 1. The quantitative estimate of drug-likeness (QED) is 0.530. The number of nitrogens with zero attached hydrogens (tertiary/aromatic N) is 6. The lowest BCUT2D eigenvalue weighted by Crippen LogP contribution is -2.36. The first-order valence-corrected chi connectivity index (χ1v) is 10.0. The third-order valence-electron chi connectivity index (χ3n) is 5.36. The molecule has 1 aromatic carbocycles. The van der Waals surface area contributed by atoms with E-state index in [9.17, 15) is 9.59 Å². The van der Waals surface area contributed by atoms with Crippen molar-refractivity contribution in [3.8, 4) is 0 Å². The molecule has 10 heteroatoms. The molecule has 31 heavy (non-hydrogen) atoms. The van der Waals surface area contributed by atoms with Gasteiger partial charge in [-0.25, -0.2) is 4.98 Å². The van der Waals surface area contributed by atoms with Crippen molar-refractivity contribution >= 4 is 34.1 Å². The van der Waals surface area contributed by atoms with Crippen molar-refractivity contribution in [2.45, 2.75) is 13.5 Å². The van der Waals surface area contributed by atoms with E-state index >= 15 is 0 Å².